The Labute approximate surface area is 207 Å². The van der Waals surface area contributed by atoms with E-state index in [4.69, 9.17) is 0 Å². The molecule has 0 heterocycles. The molecular formula is C28H28F6S. The molecule has 7 heteroatoms. The number of benzene rings is 2. The van der Waals surface area contributed by atoms with Crippen molar-refractivity contribution in [3.63, 3.8) is 0 Å². The Morgan fingerprint density at radius 2 is 1.00 bits per heavy atom. The van der Waals surface area contributed by atoms with Crippen LogP contribution < -0.4 is 0 Å². The number of hydrogen-bond acceptors (Lipinski definition) is 1. The fourth-order valence-corrected chi connectivity index (χ4v) is 4.35. The molecule has 0 nitrogen and oxygen atoms in total. The first-order valence-corrected chi connectivity index (χ1v) is 12.2. The fraction of sp³-hybridized carbons (Fsp3) is 0.429. The normalized spacial score (nSPS) is 11.8. The third-order valence-electron chi connectivity index (χ3n) is 4.94. The van der Waals surface area contributed by atoms with Gasteiger partial charge in [0, 0.05) is 21.6 Å². The van der Waals surface area contributed by atoms with Gasteiger partial charge in [-0.15, -0.1) is 0 Å². The molecule has 2 aromatic rings. The largest absolute Gasteiger partial charge is 0.417 e. The number of aryl methyl sites for hydroxylation is 2. The van der Waals surface area contributed by atoms with E-state index >= 15 is 0 Å². The summed E-state index contributed by atoms with van der Waals surface area (Å²) in [5.41, 5.74) is -1.38. The Kier molecular flexibility index (Phi) is 9.42. The molecule has 0 unspecified atom stereocenters. The van der Waals surface area contributed by atoms with Crippen LogP contribution in [0.4, 0.5) is 26.3 Å². The van der Waals surface area contributed by atoms with E-state index in [1.165, 1.54) is 0 Å². The predicted octanol–water partition coefficient (Wildman–Crippen LogP) is 9.02. The highest BCUT2D eigenvalue weighted by Gasteiger charge is 2.37. The molecule has 188 valence electrons. The number of hydrogen-bond donors (Lipinski definition) is 0. The zero-order chi connectivity index (χ0) is 26.6. The minimum absolute atomic E-state index is 0.166. The molecule has 2 aromatic carbocycles. The number of rotatable bonds is 4. The van der Waals surface area contributed by atoms with E-state index in [2.05, 4.69) is 23.7 Å². The van der Waals surface area contributed by atoms with Gasteiger partial charge in [-0.3, -0.25) is 0 Å². The fourth-order valence-electron chi connectivity index (χ4n) is 3.17. The molecule has 2 rings (SSSR count). The lowest BCUT2D eigenvalue weighted by Crippen LogP contribution is -2.11. The molecule has 0 aliphatic heterocycles. The Morgan fingerprint density at radius 3 is 1.26 bits per heavy atom. The predicted molar refractivity (Wildman–Crippen MR) is 129 cm³/mol. The summed E-state index contributed by atoms with van der Waals surface area (Å²) < 4.78 is 83.9. The number of halogens is 6. The number of alkyl halides is 6. The van der Waals surface area contributed by atoms with Crippen LogP contribution in [0.3, 0.4) is 0 Å². The van der Waals surface area contributed by atoms with Gasteiger partial charge in [0.1, 0.15) is 0 Å². The van der Waals surface area contributed by atoms with Crippen molar-refractivity contribution in [1.29, 1.82) is 0 Å². The highest BCUT2D eigenvalue weighted by atomic mass is 32.2. The Morgan fingerprint density at radius 1 is 0.657 bits per heavy atom. The van der Waals surface area contributed by atoms with Crippen LogP contribution in [-0.2, 0) is 25.2 Å². The van der Waals surface area contributed by atoms with Gasteiger partial charge in [0.25, 0.3) is 0 Å². The van der Waals surface area contributed by atoms with Gasteiger partial charge in [0.15, 0.2) is 0 Å². The molecule has 0 radical (unpaired) electrons. The van der Waals surface area contributed by atoms with Gasteiger partial charge in [-0.05, 0) is 48.2 Å². The van der Waals surface area contributed by atoms with Gasteiger partial charge in [-0.25, -0.2) is 0 Å². The van der Waals surface area contributed by atoms with Crippen LogP contribution in [-0.4, -0.2) is 0 Å². The molecule has 0 atom stereocenters. The van der Waals surface area contributed by atoms with Gasteiger partial charge in [-0.2, -0.15) is 26.3 Å². The molecule has 0 saturated heterocycles. The molecule has 0 saturated carbocycles. The van der Waals surface area contributed by atoms with Crippen molar-refractivity contribution in [2.45, 2.75) is 76.5 Å². The van der Waals surface area contributed by atoms with E-state index in [9.17, 15) is 26.3 Å². The lowest BCUT2D eigenvalue weighted by atomic mass is 10.0. The van der Waals surface area contributed by atoms with Crippen LogP contribution in [0, 0.1) is 35.5 Å². The van der Waals surface area contributed by atoms with Crippen molar-refractivity contribution in [3.05, 3.63) is 57.6 Å². The van der Waals surface area contributed by atoms with Gasteiger partial charge in [-0.1, -0.05) is 77.0 Å². The SMILES string of the molecule is CCc1cc(Sc2cc(CC)cc(C(F)(F)F)c2C#CC(C)C)c(C#CC(C)C)c(C(F)(F)F)c1. The summed E-state index contributed by atoms with van der Waals surface area (Å²) in [6, 6.07) is 5.29. The Hall–Kier alpha value is -2.51. The second-order valence-corrected chi connectivity index (χ2v) is 9.77. The van der Waals surface area contributed by atoms with Crippen LogP contribution in [0.2, 0.25) is 0 Å². The molecule has 0 bridgehead atoms. The maximum atomic E-state index is 14.0. The lowest BCUT2D eigenvalue weighted by Gasteiger charge is -2.18. The van der Waals surface area contributed by atoms with Crippen molar-refractivity contribution >= 4 is 11.8 Å². The minimum atomic E-state index is -4.66. The van der Waals surface area contributed by atoms with Gasteiger partial charge in [0.2, 0.25) is 0 Å². The summed E-state index contributed by atoms with van der Waals surface area (Å²) in [4.78, 5) is 0.331. The monoisotopic (exact) mass is 510 g/mol. The van der Waals surface area contributed by atoms with Crippen LogP contribution in [0.5, 0.6) is 0 Å². The van der Waals surface area contributed by atoms with E-state index in [0.717, 1.165) is 23.9 Å². The second kappa shape index (κ2) is 11.5. The van der Waals surface area contributed by atoms with Crippen LogP contribution in [0.1, 0.15) is 74.9 Å². The third kappa shape index (κ3) is 7.74. The summed E-state index contributed by atoms with van der Waals surface area (Å²) in [7, 11) is 0. The maximum absolute atomic E-state index is 14.0. The average Bonchev–Trinajstić information content (AvgIpc) is 2.74. The first-order chi connectivity index (χ1) is 16.2. The van der Waals surface area contributed by atoms with E-state index in [1.807, 2.05) is 0 Å². The van der Waals surface area contributed by atoms with Crippen molar-refractivity contribution in [1.82, 2.24) is 0 Å². The molecule has 0 fully saturated rings. The topological polar surface area (TPSA) is 0 Å². The molecule has 0 N–H and O–H groups in total. The molecule has 35 heavy (non-hydrogen) atoms. The molecule has 0 aliphatic carbocycles. The lowest BCUT2D eigenvalue weighted by molar-refractivity contribution is -0.138. The maximum Gasteiger partial charge on any atom is 0.417 e. The zero-order valence-corrected chi connectivity index (χ0v) is 21.4. The first-order valence-electron chi connectivity index (χ1n) is 11.4. The summed E-state index contributed by atoms with van der Waals surface area (Å²) in [5, 5.41) is 0. The highest BCUT2D eigenvalue weighted by molar-refractivity contribution is 7.99. The Balaban J connectivity index is 2.92. The zero-order valence-electron chi connectivity index (χ0n) is 20.6. The second-order valence-electron chi connectivity index (χ2n) is 8.69. The quantitative estimate of drug-likeness (QED) is 0.292. The van der Waals surface area contributed by atoms with Crippen molar-refractivity contribution in [2.24, 2.45) is 11.8 Å². The minimum Gasteiger partial charge on any atom is -0.166 e. The highest BCUT2D eigenvalue weighted by Crippen LogP contribution is 2.43. The van der Waals surface area contributed by atoms with Crippen LogP contribution in [0.15, 0.2) is 34.1 Å². The summed E-state index contributed by atoms with van der Waals surface area (Å²) in [5.74, 6) is 10.5. The smallest absolute Gasteiger partial charge is 0.166 e. The van der Waals surface area contributed by atoms with E-state index in [-0.39, 0.29) is 32.8 Å². The van der Waals surface area contributed by atoms with Crippen molar-refractivity contribution in [2.75, 3.05) is 0 Å². The van der Waals surface area contributed by atoms with Crippen molar-refractivity contribution in [3.8, 4) is 23.7 Å². The van der Waals surface area contributed by atoms with Crippen LogP contribution in [0.25, 0.3) is 0 Å². The molecule has 0 aliphatic rings. The Bertz CT molecular complexity index is 1090. The van der Waals surface area contributed by atoms with E-state index in [1.54, 1.807) is 53.7 Å². The van der Waals surface area contributed by atoms with E-state index in [0.29, 0.717) is 24.0 Å². The van der Waals surface area contributed by atoms with E-state index < -0.39 is 23.5 Å². The summed E-state index contributed by atoms with van der Waals surface area (Å²) >= 11 is 0.859. The van der Waals surface area contributed by atoms with Gasteiger partial charge < -0.3 is 0 Å². The molecule has 0 spiro atoms. The van der Waals surface area contributed by atoms with Crippen LogP contribution >= 0.6 is 11.8 Å². The van der Waals surface area contributed by atoms with Crippen molar-refractivity contribution < 1.29 is 26.3 Å². The third-order valence-corrected chi connectivity index (χ3v) is 6.03. The van der Waals surface area contributed by atoms with Gasteiger partial charge >= 0.3 is 12.4 Å². The summed E-state index contributed by atoms with van der Waals surface area (Å²) in [6.07, 6.45) is -8.66. The molecule has 0 amide bonds. The first kappa shape index (κ1) is 28.7. The standard InChI is InChI=1S/C28H28F6S/c1-7-19-13-23(27(29,30)31)21(11-9-17(3)4)25(15-19)35-26-16-20(8-2)14-24(28(32,33)34)22(26)12-10-18(5)6/h13-18H,7-8H2,1-6H3. The molecular weight excluding hydrogens is 482 g/mol. The summed E-state index contributed by atoms with van der Waals surface area (Å²) in [6.45, 7) is 10.5. The average molecular weight is 511 g/mol. The molecule has 0 aromatic heterocycles. The van der Waals surface area contributed by atoms with Gasteiger partial charge in [0.05, 0.1) is 22.3 Å².